The van der Waals surface area contributed by atoms with E-state index in [9.17, 15) is 9.50 Å². The molecule has 1 fully saturated rings. The minimum absolute atomic E-state index is 0.198. The Labute approximate surface area is 265 Å². The molecular weight excluding hydrogens is 589 g/mol. The van der Waals surface area contributed by atoms with Crippen LogP contribution in [0.1, 0.15) is 30.0 Å². The maximum Gasteiger partial charge on any atom is 0.130 e. The number of nitrogens with zero attached hydrogens (tertiary/aromatic N) is 3. The lowest BCUT2D eigenvalue weighted by molar-refractivity contribution is 0.116. The normalized spacial score (nSPS) is 18.4. The van der Waals surface area contributed by atoms with Crippen molar-refractivity contribution in [3.05, 3.63) is 89.8 Å². The molecule has 1 unspecified atom stereocenters. The average molecular weight is 626 g/mol. The fourth-order valence-corrected chi connectivity index (χ4v) is 7.25. The number of thiophene rings is 1. The Balaban J connectivity index is 1.36. The molecule has 45 heavy (non-hydrogen) atoms. The van der Waals surface area contributed by atoms with Gasteiger partial charge in [0.1, 0.15) is 24.4 Å². The van der Waals surface area contributed by atoms with Crippen molar-refractivity contribution in [3.8, 4) is 39.4 Å². The van der Waals surface area contributed by atoms with Crippen LogP contribution in [-0.4, -0.2) is 59.0 Å². The van der Waals surface area contributed by atoms with Crippen LogP contribution < -0.4 is 15.4 Å². The van der Waals surface area contributed by atoms with E-state index in [1.807, 2.05) is 17.1 Å². The summed E-state index contributed by atoms with van der Waals surface area (Å²) in [6, 6.07) is 13.8. The molecule has 1 aliphatic carbocycles. The van der Waals surface area contributed by atoms with Gasteiger partial charge in [0.25, 0.3) is 0 Å². The van der Waals surface area contributed by atoms with Gasteiger partial charge in [-0.15, -0.1) is 11.3 Å². The van der Waals surface area contributed by atoms with E-state index in [1.165, 1.54) is 29.3 Å². The number of aliphatic hydroxyl groups excluding tert-OH is 1. The van der Waals surface area contributed by atoms with Crippen LogP contribution >= 0.6 is 11.3 Å². The fourth-order valence-electron chi connectivity index (χ4n) is 6.29. The number of hydrogen-bond donors (Lipinski definition) is 3. The van der Waals surface area contributed by atoms with Gasteiger partial charge in [0, 0.05) is 64.3 Å². The molecule has 232 valence electrons. The zero-order chi connectivity index (χ0) is 30.9. The Morgan fingerprint density at radius 3 is 2.89 bits per heavy atom. The second-order valence-electron chi connectivity index (χ2n) is 11.6. The van der Waals surface area contributed by atoms with Crippen LogP contribution in [0.4, 0.5) is 4.39 Å². The van der Waals surface area contributed by atoms with E-state index in [0.717, 1.165) is 76.1 Å². The van der Waals surface area contributed by atoms with Crippen molar-refractivity contribution in [3.63, 3.8) is 0 Å². The van der Waals surface area contributed by atoms with Crippen LogP contribution in [0.25, 0.3) is 43.7 Å². The average Bonchev–Trinajstić information content (AvgIpc) is 3.73. The molecule has 8 nitrogen and oxygen atoms in total. The highest BCUT2D eigenvalue weighted by molar-refractivity contribution is 7.18. The van der Waals surface area contributed by atoms with Gasteiger partial charge in [-0.25, -0.2) is 9.37 Å². The molecule has 4 heterocycles. The van der Waals surface area contributed by atoms with Crippen LogP contribution in [-0.2, 0) is 17.7 Å². The van der Waals surface area contributed by atoms with Gasteiger partial charge in [-0.2, -0.15) is 5.10 Å². The molecule has 0 radical (unpaired) electrons. The molecule has 1 atom stereocenters. The number of aliphatic hydroxyl groups is 1. The Morgan fingerprint density at radius 1 is 1.16 bits per heavy atom. The molecule has 0 saturated heterocycles. The molecule has 1 saturated carbocycles. The topological polar surface area (TPSA) is 93.5 Å². The summed E-state index contributed by atoms with van der Waals surface area (Å²) >= 11 is 1.64. The van der Waals surface area contributed by atoms with Gasteiger partial charge in [-0.05, 0) is 72.7 Å². The van der Waals surface area contributed by atoms with Gasteiger partial charge in [0.05, 0.1) is 30.2 Å². The highest BCUT2D eigenvalue weighted by Crippen LogP contribution is 2.46. The maximum absolute atomic E-state index is 14.6. The number of nitrogens with one attached hydrogen (secondary N) is 2. The second-order valence-corrected chi connectivity index (χ2v) is 12.5. The Bertz CT molecular complexity index is 1850. The number of fused-ring (bicyclic) bond motifs is 2. The number of pyridine rings is 1. The maximum atomic E-state index is 14.6. The first-order valence-electron chi connectivity index (χ1n) is 15.3. The molecule has 1 aliphatic heterocycles. The summed E-state index contributed by atoms with van der Waals surface area (Å²) in [5.74, 6) is 0.0747. The highest BCUT2D eigenvalue weighted by Gasteiger charge is 2.32. The number of aromatic nitrogens is 3. The largest absolute Gasteiger partial charge is 0.490 e. The molecule has 3 aromatic heterocycles. The second kappa shape index (κ2) is 12.8. The lowest BCUT2D eigenvalue weighted by Gasteiger charge is -2.36. The predicted molar refractivity (Wildman–Crippen MR) is 176 cm³/mol. The summed E-state index contributed by atoms with van der Waals surface area (Å²) in [5, 5.41) is 24.4. The van der Waals surface area contributed by atoms with Crippen molar-refractivity contribution in [2.45, 2.75) is 44.1 Å². The van der Waals surface area contributed by atoms with Crippen molar-refractivity contribution in [2.75, 3.05) is 26.9 Å². The molecule has 7 rings (SSSR count). The predicted octanol–water partition coefficient (Wildman–Crippen LogP) is 6.10. The van der Waals surface area contributed by atoms with Gasteiger partial charge in [-0.3, -0.25) is 10.00 Å². The molecule has 2 aromatic carbocycles. The number of ether oxygens (including phenoxy) is 2. The van der Waals surface area contributed by atoms with Crippen molar-refractivity contribution in [1.29, 1.82) is 0 Å². The minimum atomic E-state index is -0.720. The summed E-state index contributed by atoms with van der Waals surface area (Å²) in [5.41, 5.74) is 7.95. The third-order valence-electron chi connectivity index (χ3n) is 8.72. The van der Waals surface area contributed by atoms with E-state index in [-0.39, 0.29) is 17.9 Å². The van der Waals surface area contributed by atoms with Crippen molar-refractivity contribution in [2.24, 2.45) is 0 Å². The number of rotatable bonds is 11. The van der Waals surface area contributed by atoms with E-state index >= 15 is 0 Å². The van der Waals surface area contributed by atoms with Gasteiger partial charge >= 0.3 is 0 Å². The summed E-state index contributed by atoms with van der Waals surface area (Å²) in [6.45, 7) is 6.16. The quantitative estimate of drug-likeness (QED) is 0.0928. The first-order valence-corrected chi connectivity index (χ1v) is 16.2. The lowest BCUT2D eigenvalue weighted by Crippen LogP contribution is -2.46. The third-order valence-corrected chi connectivity index (χ3v) is 9.66. The van der Waals surface area contributed by atoms with Crippen molar-refractivity contribution < 1.29 is 19.0 Å². The van der Waals surface area contributed by atoms with Gasteiger partial charge in [0.2, 0.25) is 0 Å². The molecule has 0 amide bonds. The van der Waals surface area contributed by atoms with Crippen LogP contribution in [0, 0.1) is 5.82 Å². The minimum Gasteiger partial charge on any atom is -0.490 e. The molecule has 2 aliphatic rings. The van der Waals surface area contributed by atoms with E-state index in [0.29, 0.717) is 19.0 Å². The molecule has 0 bridgehead atoms. The number of halogens is 1. The molecular formula is C35H36FN5O3S. The van der Waals surface area contributed by atoms with E-state index in [1.54, 1.807) is 24.5 Å². The first-order chi connectivity index (χ1) is 22.0. The monoisotopic (exact) mass is 625 g/mol. The summed E-state index contributed by atoms with van der Waals surface area (Å²) in [7, 11) is 1.61. The van der Waals surface area contributed by atoms with Crippen molar-refractivity contribution in [1.82, 2.24) is 25.4 Å². The SMILES string of the molecule is C=CC(O)NC1CC(n2cc(-c3nc(-c4ccc5c(c4)CCNC5)c4ccsc4c3-c3ccc(F)cc3OCCOC)cn2)C1. The van der Waals surface area contributed by atoms with E-state index < -0.39 is 6.23 Å². The third kappa shape index (κ3) is 5.92. The Morgan fingerprint density at radius 2 is 2.04 bits per heavy atom. The lowest BCUT2D eigenvalue weighted by atomic mass is 9.86. The first kappa shape index (κ1) is 29.8. The Kier molecular flexibility index (Phi) is 8.48. The zero-order valence-electron chi connectivity index (χ0n) is 25.1. The summed E-state index contributed by atoms with van der Waals surface area (Å²) in [6.07, 6.45) is 7.36. The fraction of sp³-hybridized carbons (Fsp3) is 0.314. The van der Waals surface area contributed by atoms with Gasteiger partial charge < -0.3 is 19.9 Å². The van der Waals surface area contributed by atoms with E-state index in [2.05, 4.69) is 46.9 Å². The van der Waals surface area contributed by atoms with Crippen molar-refractivity contribution >= 4 is 21.4 Å². The molecule has 3 N–H and O–H groups in total. The zero-order valence-corrected chi connectivity index (χ0v) is 25.9. The Hall–Kier alpha value is -3.93. The van der Waals surface area contributed by atoms with Gasteiger partial charge in [-0.1, -0.05) is 18.7 Å². The standard InChI is InChI=1S/C35H36FN5O3S/c1-3-31(42)39-26-16-27(17-26)41-20-24(19-38-41)34-32(28-7-6-25(36)15-30(28)44-12-11-43-2)35-29(9-13-45-35)33(40-34)22-4-5-23-18-37-10-8-21(23)14-22/h3-7,9,13-15,19-20,26-27,31,37,39,42H,1,8,10-12,16-18H2,2H3. The highest BCUT2D eigenvalue weighted by atomic mass is 32.1. The number of benzene rings is 2. The van der Waals surface area contributed by atoms with Crippen LogP contribution in [0.5, 0.6) is 5.75 Å². The van der Waals surface area contributed by atoms with Gasteiger partial charge in [0.15, 0.2) is 0 Å². The summed E-state index contributed by atoms with van der Waals surface area (Å²) < 4.78 is 28.9. The van der Waals surface area contributed by atoms with E-state index in [4.69, 9.17) is 19.6 Å². The van der Waals surface area contributed by atoms with Crippen LogP contribution in [0.3, 0.4) is 0 Å². The molecule has 5 aromatic rings. The number of hydrogen-bond acceptors (Lipinski definition) is 8. The van der Waals surface area contributed by atoms with Crippen LogP contribution in [0.15, 0.2) is 72.9 Å². The summed E-state index contributed by atoms with van der Waals surface area (Å²) in [4.78, 5) is 5.39. The molecule has 10 heteroatoms. The molecule has 0 spiro atoms. The van der Waals surface area contributed by atoms with Crippen LogP contribution in [0.2, 0.25) is 0 Å². The smallest absolute Gasteiger partial charge is 0.130 e. The number of methoxy groups -OCH3 is 1.